The molecule has 0 atom stereocenters. The fraction of sp³-hybridized carbons (Fsp3) is 0.500. The van der Waals surface area contributed by atoms with Gasteiger partial charge in [0.25, 0.3) is 0 Å². The number of carbonyl (C=O) groups excluding carboxylic acids is 2. The van der Waals surface area contributed by atoms with E-state index >= 15 is 0 Å². The van der Waals surface area contributed by atoms with Gasteiger partial charge in [0.2, 0.25) is 5.91 Å². The normalized spacial score (nSPS) is 10.2. The van der Waals surface area contributed by atoms with E-state index in [0.29, 0.717) is 6.54 Å². The van der Waals surface area contributed by atoms with Gasteiger partial charge in [-0.2, -0.15) is 5.10 Å². The predicted octanol–water partition coefficient (Wildman–Crippen LogP) is 0.393. The average Bonchev–Trinajstić information content (AvgIpc) is 2.42. The molecule has 0 saturated carbocycles. The smallest absolute Gasteiger partial charge is 0.318 e. The lowest BCUT2D eigenvalue weighted by Crippen LogP contribution is -2.35. The van der Waals surface area contributed by atoms with Crippen LogP contribution in [0.15, 0.2) is 0 Å². The number of hydrogen-bond donors (Lipinski definition) is 2. The highest BCUT2D eigenvalue weighted by Crippen LogP contribution is 2.10. The largest absolute Gasteiger partial charge is 0.351 e. The number of rotatable bonds is 3. The fourth-order valence-electron chi connectivity index (χ4n) is 1.41. The quantitative estimate of drug-likeness (QED) is 0.778. The number of nitrogens with two attached hydrogens (primary N) is 1. The van der Waals surface area contributed by atoms with Gasteiger partial charge >= 0.3 is 6.03 Å². The van der Waals surface area contributed by atoms with Crippen LogP contribution in [0, 0.1) is 20.8 Å². The number of nitrogens with one attached hydrogen (secondary N) is 1. The van der Waals surface area contributed by atoms with Crippen molar-refractivity contribution >= 4 is 11.9 Å². The van der Waals surface area contributed by atoms with Crippen molar-refractivity contribution in [2.24, 2.45) is 5.73 Å². The van der Waals surface area contributed by atoms with Crippen molar-refractivity contribution in [1.29, 1.82) is 0 Å². The van der Waals surface area contributed by atoms with Gasteiger partial charge in [-0.1, -0.05) is 0 Å². The van der Waals surface area contributed by atoms with Gasteiger partial charge in [0.05, 0.1) is 5.69 Å². The lowest BCUT2D eigenvalue weighted by molar-refractivity contribution is -0.120. The van der Waals surface area contributed by atoms with E-state index in [1.165, 1.54) is 0 Å². The van der Waals surface area contributed by atoms with Gasteiger partial charge in [-0.05, 0) is 26.3 Å². The van der Waals surface area contributed by atoms with Gasteiger partial charge < -0.3 is 5.73 Å². The van der Waals surface area contributed by atoms with E-state index in [9.17, 15) is 9.59 Å². The number of nitrogens with zero attached hydrogens (tertiary/aromatic N) is 2. The Balaban J connectivity index is 2.58. The van der Waals surface area contributed by atoms with Crippen molar-refractivity contribution in [1.82, 2.24) is 15.1 Å². The van der Waals surface area contributed by atoms with E-state index in [1.807, 2.05) is 26.1 Å². The molecular formula is C10H16N4O2. The van der Waals surface area contributed by atoms with Gasteiger partial charge in [-0.3, -0.25) is 14.8 Å². The summed E-state index contributed by atoms with van der Waals surface area (Å²) in [5, 5.41) is 6.29. The first-order valence-corrected chi connectivity index (χ1v) is 5.01. The Labute approximate surface area is 93.8 Å². The number of aryl methyl sites for hydroxylation is 2. The number of aromatic nitrogens is 2. The first-order valence-electron chi connectivity index (χ1n) is 5.01. The zero-order chi connectivity index (χ0) is 12.3. The minimum Gasteiger partial charge on any atom is -0.351 e. The third-order valence-electron chi connectivity index (χ3n) is 2.56. The molecule has 6 heteroatoms. The molecule has 0 unspecified atom stereocenters. The second-order valence-electron chi connectivity index (χ2n) is 3.68. The van der Waals surface area contributed by atoms with Crippen LogP contribution >= 0.6 is 0 Å². The Hall–Kier alpha value is -1.85. The van der Waals surface area contributed by atoms with E-state index in [0.717, 1.165) is 17.0 Å². The number of primary amides is 1. The summed E-state index contributed by atoms with van der Waals surface area (Å²) in [6.07, 6.45) is 0.185. The number of imide groups is 1. The summed E-state index contributed by atoms with van der Waals surface area (Å²) in [5.74, 6) is -0.391. The number of carbonyl (C=O) groups is 2. The fourth-order valence-corrected chi connectivity index (χ4v) is 1.41. The van der Waals surface area contributed by atoms with Crippen LogP contribution in [0.2, 0.25) is 0 Å². The van der Waals surface area contributed by atoms with Crippen LogP contribution < -0.4 is 11.1 Å². The standard InChI is InChI=1S/C10H16N4O2/c1-6-7(2)13-14(8(6)3)5-4-9(15)12-10(11)16/h4-5H2,1-3H3,(H3,11,12,15,16). The van der Waals surface area contributed by atoms with Crippen LogP contribution in [-0.4, -0.2) is 21.7 Å². The van der Waals surface area contributed by atoms with Gasteiger partial charge in [0.15, 0.2) is 0 Å². The Morgan fingerprint density at radius 3 is 2.44 bits per heavy atom. The average molecular weight is 224 g/mol. The maximum absolute atomic E-state index is 11.2. The summed E-state index contributed by atoms with van der Waals surface area (Å²) in [4.78, 5) is 21.6. The second kappa shape index (κ2) is 4.78. The van der Waals surface area contributed by atoms with Gasteiger partial charge in [0, 0.05) is 18.7 Å². The van der Waals surface area contributed by atoms with Crippen LogP contribution in [0.3, 0.4) is 0 Å². The Kier molecular flexibility index (Phi) is 3.65. The van der Waals surface area contributed by atoms with Gasteiger partial charge in [-0.15, -0.1) is 0 Å². The lowest BCUT2D eigenvalue weighted by Gasteiger charge is -2.04. The summed E-state index contributed by atoms with van der Waals surface area (Å²) in [6, 6.07) is -0.824. The van der Waals surface area contributed by atoms with Crippen molar-refractivity contribution in [3.05, 3.63) is 17.0 Å². The van der Waals surface area contributed by atoms with Crippen LogP contribution in [0.1, 0.15) is 23.4 Å². The van der Waals surface area contributed by atoms with Crippen molar-refractivity contribution in [2.75, 3.05) is 0 Å². The van der Waals surface area contributed by atoms with E-state index in [1.54, 1.807) is 4.68 Å². The number of hydrogen-bond acceptors (Lipinski definition) is 3. The topological polar surface area (TPSA) is 90.0 Å². The first-order chi connectivity index (χ1) is 7.41. The van der Waals surface area contributed by atoms with E-state index < -0.39 is 11.9 Å². The SMILES string of the molecule is Cc1nn(CCC(=O)NC(N)=O)c(C)c1C. The molecule has 0 saturated heterocycles. The molecule has 1 rings (SSSR count). The minimum atomic E-state index is -0.824. The van der Waals surface area contributed by atoms with E-state index in [4.69, 9.17) is 5.73 Å². The molecule has 16 heavy (non-hydrogen) atoms. The van der Waals surface area contributed by atoms with E-state index in [2.05, 4.69) is 5.10 Å². The van der Waals surface area contributed by atoms with Crippen LogP contribution in [0.5, 0.6) is 0 Å². The molecule has 0 radical (unpaired) electrons. The highest BCUT2D eigenvalue weighted by molar-refractivity contribution is 5.93. The summed E-state index contributed by atoms with van der Waals surface area (Å²) in [6.45, 7) is 6.29. The monoisotopic (exact) mass is 224 g/mol. The molecule has 0 aliphatic rings. The maximum atomic E-state index is 11.2. The second-order valence-corrected chi connectivity index (χ2v) is 3.68. The van der Waals surface area contributed by atoms with Crippen molar-refractivity contribution in [2.45, 2.75) is 33.7 Å². The molecule has 1 heterocycles. The highest BCUT2D eigenvalue weighted by atomic mass is 16.2. The zero-order valence-corrected chi connectivity index (χ0v) is 9.70. The lowest BCUT2D eigenvalue weighted by atomic mass is 10.2. The molecule has 0 bridgehead atoms. The number of urea groups is 1. The molecular weight excluding hydrogens is 208 g/mol. The third kappa shape index (κ3) is 2.82. The highest BCUT2D eigenvalue weighted by Gasteiger charge is 2.09. The molecule has 6 nitrogen and oxygen atoms in total. The molecule has 88 valence electrons. The molecule has 0 aliphatic heterocycles. The maximum Gasteiger partial charge on any atom is 0.318 e. The molecule has 0 aromatic carbocycles. The van der Waals surface area contributed by atoms with Crippen molar-refractivity contribution in [3.8, 4) is 0 Å². The zero-order valence-electron chi connectivity index (χ0n) is 9.70. The number of amides is 3. The van der Waals surface area contributed by atoms with E-state index in [-0.39, 0.29) is 6.42 Å². The molecule has 0 spiro atoms. The first kappa shape index (κ1) is 12.2. The molecule has 1 aromatic rings. The Morgan fingerprint density at radius 2 is 2.00 bits per heavy atom. The van der Waals surface area contributed by atoms with Crippen LogP contribution in [0.25, 0.3) is 0 Å². The molecule has 3 amide bonds. The van der Waals surface area contributed by atoms with Crippen LogP contribution in [0.4, 0.5) is 4.79 Å². The molecule has 3 N–H and O–H groups in total. The third-order valence-corrected chi connectivity index (χ3v) is 2.56. The Bertz CT molecular complexity index is 423. The summed E-state index contributed by atoms with van der Waals surface area (Å²) in [5.41, 5.74) is 7.93. The van der Waals surface area contributed by atoms with Crippen LogP contribution in [-0.2, 0) is 11.3 Å². The summed E-state index contributed by atoms with van der Waals surface area (Å²) < 4.78 is 1.76. The molecule has 1 aromatic heterocycles. The minimum absolute atomic E-state index is 0.185. The van der Waals surface area contributed by atoms with Crippen molar-refractivity contribution in [3.63, 3.8) is 0 Å². The van der Waals surface area contributed by atoms with Crippen molar-refractivity contribution < 1.29 is 9.59 Å². The predicted molar refractivity (Wildman–Crippen MR) is 58.8 cm³/mol. The Morgan fingerprint density at radius 1 is 1.38 bits per heavy atom. The molecule has 0 aliphatic carbocycles. The summed E-state index contributed by atoms with van der Waals surface area (Å²) in [7, 11) is 0. The summed E-state index contributed by atoms with van der Waals surface area (Å²) >= 11 is 0. The van der Waals surface area contributed by atoms with Gasteiger partial charge in [-0.25, -0.2) is 4.79 Å². The van der Waals surface area contributed by atoms with Gasteiger partial charge in [0.1, 0.15) is 0 Å². The molecule has 0 fully saturated rings.